The molecule has 0 fully saturated rings. The zero-order valence-corrected chi connectivity index (χ0v) is 3.70. The molecule has 6 heavy (non-hydrogen) atoms. The van der Waals surface area contributed by atoms with Gasteiger partial charge in [0.05, 0.1) is 0 Å². The summed E-state index contributed by atoms with van der Waals surface area (Å²) in [6.45, 7) is 0.402. The lowest BCUT2D eigenvalue weighted by Gasteiger charge is -1.80. The first-order valence-electron chi connectivity index (χ1n) is 1.49. The van der Waals surface area contributed by atoms with Crippen molar-refractivity contribution in [1.82, 2.24) is 5.32 Å². The number of amidine groups is 1. The summed E-state index contributed by atoms with van der Waals surface area (Å²) in [5.41, 5.74) is 0. The number of nitrogens with one attached hydrogen (secondary N) is 1. The maximum Gasteiger partial charge on any atom is 0.236 e. The Balaban J connectivity index is 2.45. The Bertz CT molecular complexity index is 81.6. The number of oxime groups is 1. The average molecular weight is 107 g/mol. The molecule has 1 aliphatic rings. The van der Waals surface area contributed by atoms with Crippen LogP contribution in [-0.2, 0) is 4.84 Å². The van der Waals surface area contributed by atoms with Crippen LogP contribution < -0.4 is 5.32 Å². The van der Waals surface area contributed by atoms with Gasteiger partial charge in [-0.25, -0.2) is 0 Å². The molecule has 1 aliphatic heterocycles. The Hall–Kier alpha value is -0.440. The lowest BCUT2D eigenvalue weighted by atomic mass is 11.1. The van der Waals surface area contributed by atoms with E-state index in [1.54, 1.807) is 0 Å². The summed E-state index contributed by atoms with van der Waals surface area (Å²) < 4.78 is 0. The van der Waals surface area contributed by atoms with E-state index in [1.807, 2.05) is 0 Å². The molecule has 0 bridgehead atoms. The molecule has 4 heteroatoms. The van der Waals surface area contributed by atoms with Crippen molar-refractivity contribution in [3.63, 3.8) is 0 Å². The topological polar surface area (TPSA) is 33.6 Å². The highest BCUT2D eigenvalue weighted by Gasteiger charge is 1.97. The highest BCUT2D eigenvalue weighted by atomic mass is 35.5. The number of halogens is 1. The second-order valence-corrected chi connectivity index (χ2v) is 1.19. The molecule has 1 rings (SSSR count). The maximum atomic E-state index is 5.23. The van der Waals surface area contributed by atoms with Crippen LogP contribution in [0.1, 0.15) is 0 Å². The van der Waals surface area contributed by atoms with E-state index in [0.29, 0.717) is 12.0 Å². The van der Waals surface area contributed by atoms with Gasteiger partial charge in [-0.3, -0.25) is 0 Å². The first kappa shape index (κ1) is 3.74. The van der Waals surface area contributed by atoms with Gasteiger partial charge in [0, 0.05) is 0 Å². The monoisotopic (exact) mass is 106 g/mol. The summed E-state index contributed by atoms with van der Waals surface area (Å²) >= 11 is 5.23. The lowest BCUT2D eigenvalue weighted by Crippen LogP contribution is -2.11. The molecule has 34 valence electrons. The second kappa shape index (κ2) is 1.34. The molecular weight excluding hydrogens is 103 g/mol. The smallest absolute Gasteiger partial charge is 0.236 e. The van der Waals surface area contributed by atoms with Crippen LogP contribution in [-0.4, -0.2) is 12.0 Å². The Morgan fingerprint density at radius 3 is 3.00 bits per heavy atom. The third-order valence-electron chi connectivity index (χ3n) is 0.427. The van der Waals surface area contributed by atoms with E-state index in [-0.39, 0.29) is 0 Å². The molecule has 0 spiro atoms. The Morgan fingerprint density at radius 1 is 2.00 bits per heavy atom. The van der Waals surface area contributed by atoms with Crippen molar-refractivity contribution in [1.29, 1.82) is 0 Å². The third kappa shape index (κ3) is 0.542. The van der Waals surface area contributed by atoms with E-state index in [2.05, 4.69) is 15.3 Å². The van der Waals surface area contributed by atoms with Crippen molar-refractivity contribution in [3.8, 4) is 0 Å². The Kier molecular flexibility index (Phi) is 0.837. The highest BCUT2D eigenvalue weighted by molar-refractivity contribution is 6.64. The van der Waals surface area contributed by atoms with Crippen LogP contribution in [0.5, 0.6) is 0 Å². The van der Waals surface area contributed by atoms with Crippen molar-refractivity contribution >= 4 is 16.9 Å². The van der Waals surface area contributed by atoms with Gasteiger partial charge in [-0.05, 0) is 11.6 Å². The fourth-order valence-corrected chi connectivity index (χ4v) is 0.316. The molecule has 0 aromatic rings. The number of rotatable bonds is 0. The maximum absolute atomic E-state index is 5.23. The molecule has 0 amide bonds. The van der Waals surface area contributed by atoms with E-state index in [0.717, 1.165) is 0 Å². The minimum absolute atomic E-state index is 0.329. The first-order valence-corrected chi connectivity index (χ1v) is 1.87. The van der Waals surface area contributed by atoms with Gasteiger partial charge >= 0.3 is 0 Å². The van der Waals surface area contributed by atoms with Crippen molar-refractivity contribution < 1.29 is 4.84 Å². The van der Waals surface area contributed by atoms with Crippen LogP contribution >= 0.6 is 11.6 Å². The summed E-state index contributed by atoms with van der Waals surface area (Å²) in [6.07, 6.45) is 0. The molecule has 0 saturated heterocycles. The van der Waals surface area contributed by atoms with Crippen molar-refractivity contribution in [3.05, 3.63) is 0 Å². The molecule has 0 unspecified atom stereocenters. The van der Waals surface area contributed by atoms with Crippen LogP contribution in [0.3, 0.4) is 0 Å². The fourth-order valence-electron chi connectivity index (χ4n) is 0.213. The minimum atomic E-state index is 0.329. The summed E-state index contributed by atoms with van der Waals surface area (Å²) in [4.78, 5) is 4.40. The van der Waals surface area contributed by atoms with Gasteiger partial charge in [0.2, 0.25) is 5.29 Å². The van der Waals surface area contributed by atoms with Gasteiger partial charge in [0.15, 0.2) is 6.73 Å². The summed E-state index contributed by atoms with van der Waals surface area (Å²) in [5, 5.41) is 6.25. The van der Waals surface area contributed by atoms with Crippen LogP contribution in [0.2, 0.25) is 0 Å². The fraction of sp³-hybridized carbons (Fsp3) is 0.500. The van der Waals surface area contributed by atoms with Gasteiger partial charge in [-0.15, -0.1) is 0 Å². The van der Waals surface area contributed by atoms with Crippen LogP contribution in [0, 0.1) is 0 Å². The molecule has 0 aromatic heterocycles. The molecule has 0 aliphatic carbocycles. The number of hydrogen-bond donors (Lipinski definition) is 1. The van der Waals surface area contributed by atoms with Gasteiger partial charge < -0.3 is 10.2 Å². The zero-order valence-electron chi connectivity index (χ0n) is 2.94. The normalized spacial score (nSPS) is 18.5. The predicted molar refractivity (Wildman–Crippen MR) is 22.4 cm³/mol. The standard InChI is InChI=1S/C2H3ClN2O/c3-2-4-1-6-5-2/h1H2,(H,4,5). The summed E-state index contributed by atoms with van der Waals surface area (Å²) in [5.74, 6) is 0. The molecule has 0 saturated carbocycles. The summed E-state index contributed by atoms with van der Waals surface area (Å²) in [7, 11) is 0. The van der Waals surface area contributed by atoms with E-state index < -0.39 is 0 Å². The van der Waals surface area contributed by atoms with E-state index in [9.17, 15) is 0 Å². The predicted octanol–water partition coefficient (Wildman–Crippen LogP) is 0.0735. The molecule has 0 atom stereocenters. The van der Waals surface area contributed by atoms with Crippen LogP contribution in [0.4, 0.5) is 0 Å². The van der Waals surface area contributed by atoms with Crippen molar-refractivity contribution in [2.75, 3.05) is 6.73 Å². The van der Waals surface area contributed by atoms with Crippen LogP contribution in [0.25, 0.3) is 0 Å². The van der Waals surface area contributed by atoms with Gasteiger partial charge in [-0.1, -0.05) is 5.16 Å². The molecular formula is C2H3ClN2O. The number of nitrogens with zero attached hydrogens (tertiary/aromatic N) is 1. The molecule has 1 N–H and O–H groups in total. The van der Waals surface area contributed by atoms with E-state index in [1.165, 1.54) is 0 Å². The van der Waals surface area contributed by atoms with Gasteiger partial charge in [0.25, 0.3) is 0 Å². The average Bonchev–Trinajstić information content (AvgIpc) is 1.86. The molecule has 0 radical (unpaired) electrons. The third-order valence-corrected chi connectivity index (χ3v) is 0.630. The van der Waals surface area contributed by atoms with Gasteiger partial charge in [0.1, 0.15) is 0 Å². The SMILES string of the molecule is ClC1=NOCN1. The van der Waals surface area contributed by atoms with Gasteiger partial charge in [-0.2, -0.15) is 0 Å². The first-order chi connectivity index (χ1) is 2.89. The highest BCUT2D eigenvalue weighted by Crippen LogP contribution is 1.88. The Morgan fingerprint density at radius 2 is 2.83 bits per heavy atom. The lowest BCUT2D eigenvalue weighted by molar-refractivity contribution is 0.164. The van der Waals surface area contributed by atoms with E-state index >= 15 is 0 Å². The minimum Gasteiger partial charge on any atom is -0.371 e. The number of hydrogen-bond acceptors (Lipinski definition) is 3. The molecule has 0 aromatic carbocycles. The quantitative estimate of drug-likeness (QED) is 0.444. The summed E-state index contributed by atoms with van der Waals surface area (Å²) in [6, 6.07) is 0. The Labute approximate surface area is 39.9 Å². The van der Waals surface area contributed by atoms with Crippen molar-refractivity contribution in [2.24, 2.45) is 5.16 Å². The molecule has 3 nitrogen and oxygen atoms in total. The van der Waals surface area contributed by atoms with Crippen LogP contribution in [0.15, 0.2) is 5.16 Å². The zero-order chi connectivity index (χ0) is 4.41. The van der Waals surface area contributed by atoms with E-state index in [4.69, 9.17) is 11.6 Å². The second-order valence-electron chi connectivity index (χ2n) is 0.832. The van der Waals surface area contributed by atoms with Crippen molar-refractivity contribution in [2.45, 2.75) is 0 Å². The molecule has 1 heterocycles. The largest absolute Gasteiger partial charge is 0.371 e.